The monoisotopic (exact) mass is 553 g/mol. The van der Waals surface area contributed by atoms with Crippen LogP contribution in [0.4, 0.5) is 4.39 Å². The van der Waals surface area contributed by atoms with E-state index in [1.807, 2.05) is 41.3 Å². The van der Waals surface area contributed by atoms with E-state index in [0.717, 1.165) is 16.7 Å². The van der Waals surface area contributed by atoms with Crippen LogP contribution in [0.1, 0.15) is 49.9 Å². The molecule has 8 bridgehead atoms. The van der Waals surface area contributed by atoms with Crippen molar-refractivity contribution in [3.8, 4) is 23.0 Å². The molecule has 8 nitrogen and oxygen atoms in total. The number of carbonyl (C=O) groups excluding carboxylic acids is 2. The lowest BCUT2D eigenvalue weighted by molar-refractivity contribution is 0.0693. The Morgan fingerprint density at radius 3 is 2.68 bits per heavy atom. The third-order valence-electron chi connectivity index (χ3n) is 7.32. The van der Waals surface area contributed by atoms with Crippen molar-refractivity contribution in [1.29, 1.82) is 0 Å². The smallest absolute Gasteiger partial charge is 0.254 e. The second kappa shape index (κ2) is 11.3. The van der Waals surface area contributed by atoms with Gasteiger partial charge in [0.05, 0.1) is 25.3 Å². The summed E-state index contributed by atoms with van der Waals surface area (Å²) in [5.74, 6) is 0.725. The molecule has 0 saturated carbocycles. The number of nitrogens with one attached hydrogen (secondary N) is 1. The van der Waals surface area contributed by atoms with Gasteiger partial charge in [-0.05, 0) is 84.1 Å². The van der Waals surface area contributed by atoms with Crippen molar-refractivity contribution in [2.75, 3.05) is 26.8 Å². The van der Waals surface area contributed by atoms with Gasteiger partial charge in [0.15, 0.2) is 11.5 Å². The Balaban J connectivity index is 1.46. The number of carbonyl (C=O) groups is 2. The lowest BCUT2D eigenvalue weighted by Crippen LogP contribution is -2.40. The van der Waals surface area contributed by atoms with Gasteiger partial charge in [-0.1, -0.05) is 12.1 Å². The van der Waals surface area contributed by atoms with E-state index in [1.165, 1.54) is 18.2 Å². The van der Waals surface area contributed by atoms with E-state index in [4.69, 9.17) is 14.2 Å². The third-order valence-corrected chi connectivity index (χ3v) is 7.32. The molecule has 4 heterocycles. The van der Waals surface area contributed by atoms with Gasteiger partial charge in [-0.25, -0.2) is 4.39 Å². The predicted molar refractivity (Wildman–Crippen MR) is 149 cm³/mol. The van der Waals surface area contributed by atoms with E-state index >= 15 is 0 Å². The van der Waals surface area contributed by atoms with Crippen molar-refractivity contribution in [2.45, 2.75) is 18.9 Å². The average Bonchev–Trinajstić information content (AvgIpc) is 3.00. The highest BCUT2D eigenvalue weighted by Crippen LogP contribution is 2.41. The number of nitrogens with zero attached hydrogens (tertiary/aromatic N) is 2. The van der Waals surface area contributed by atoms with Crippen molar-refractivity contribution in [2.24, 2.45) is 0 Å². The van der Waals surface area contributed by atoms with Gasteiger partial charge in [0.25, 0.3) is 11.8 Å². The molecule has 2 amide bonds. The first-order valence-electron chi connectivity index (χ1n) is 13.4. The molecular weight excluding hydrogens is 525 g/mol. The van der Waals surface area contributed by atoms with Crippen molar-refractivity contribution < 1.29 is 28.2 Å². The Labute approximate surface area is 236 Å². The normalized spacial score (nSPS) is 16.5. The molecule has 3 aromatic carbocycles. The molecule has 7 rings (SSSR count). The van der Waals surface area contributed by atoms with E-state index in [1.54, 1.807) is 31.6 Å². The highest BCUT2D eigenvalue weighted by atomic mass is 19.1. The number of halogens is 1. The summed E-state index contributed by atoms with van der Waals surface area (Å²) in [5.41, 5.74) is 3.31. The number of amides is 2. The first-order chi connectivity index (χ1) is 20.0. The first kappa shape index (κ1) is 26.3. The van der Waals surface area contributed by atoms with Gasteiger partial charge >= 0.3 is 0 Å². The summed E-state index contributed by atoms with van der Waals surface area (Å²) in [6.07, 6.45) is 4.32. The van der Waals surface area contributed by atoms with Crippen molar-refractivity contribution >= 4 is 11.8 Å². The number of fused-ring (bicyclic) bond motifs is 6. The van der Waals surface area contributed by atoms with Gasteiger partial charge in [-0.15, -0.1) is 0 Å². The summed E-state index contributed by atoms with van der Waals surface area (Å²) in [6, 6.07) is 18.5. The largest absolute Gasteiger partial charge is 0.493 e. The number of aromatic nitrogens is 1. The first-order valence-corrected chi connectivity index (χ1v) is 13.4. The fourth-order valence-electron chi connectivity index (χ4n) is 5.31. The molecule has 3 aliphatic heterocycles. The number of pyridine rings is 1. The highest BCUT2D eigenvalue weighted by molar-refractivity contribution is 5.95. The quantitative estimate of drug-likeness (QED) is 0.361. The van der Waals surface area contributed by atoms with Gasteiger partial charge in [-0.3, -0.25) is 14.6 Å². The minimum atomic E-state index is -0.630. The van der Waals surface area contributed by atoms with Gasteiger partial charge in [0, 0.05) is 31.0 Å². The molecule has 1 N–H and O–H groups in total. The number of hydrogen-bond donors (Lipinski definition) is 1. The standard InChI is InChI=1S/C32H28FN3O5/c1-39-28-8-3-22-18-29(28)40-16-2-12-35-31(37)26-19-24(5-7-27(26)33)41-23-4-6-25-21(17-23)11-15-36(30(22)25)32(38)20-9-13-34-14-10-20/h3-10,13-14,17-19,30H,2,11-12,15-16H2,1H3,(H,35,37). The SMILES string of the molecule is COc1ccc2cc1OCCCNC(=O)c1cc(ccc1F)Oc1ccc3c(c1)CCN(C(=O)c1ccncc1)C23. The molecule has 0 aliphatic carbocycles. The van der Waals surface area contributed by atoms with Crippen LogP contribution in [0.5, 0.6) is 23.0 Å². The average molecular weight is 554 g/mol. The lowest BCUT2D eigenvalue weighted by atomic mass is 9.87. The van der Waals surface area contributed by atoms with Crippen LogP contribution in [0.2, 0.25) is 0 Å². The summed E-state index contributed by atoms with van der Waals surface area (Å²) in [7, 11) is 1.57. The zero-order valence-electron chi connectivity index (χ0n) is 22.4. The fourth-order valence-corrected chi connectivity index (χ4v) is 5.31. The van der Waals surface area contributed by atoms with Gasteiger partial charge in [-0.2, -0.15) is 0 Å². The summed E-state index contributed by atoms with van der Waals surface area (Å²) < 4.78 is 32.2. The van der Waals surface area contributed by atoms with Gasteiger partial charge in [0.2, 0.25) is 0 Å². The van der Waals surface area contributed by atoms with Gasteiger partial charge in [0.1, 0.15) is 17.3 Å². The minimum absolute atomic E-state index is 0.0952. The summed E-state index contributed by atoms with van der Waals surface area (Å²) in [5, 5.41) is 2.74. The Kier molecular flexibility index (Phi) is 7.24. The molecule has 0 spiro atoms. The molecule has 1 atom stereocenters. The highest BCUT2D eigenvalue weighted by Gasteiger charge is 2.33. The Hall–Kier alpha value is -4.92. The Morgan fingerprint density at radius 1 is 1.05 bits per heavy atom. The summed E-state index contributed by atoms with van der Waals surface area (Å²) in [4.78, 5) is 32.4. The van der Waals surface area contributed by atoms with E-state index < -0.39 is 17.8 Å². The topological polar surface area (TPSA) is 90.0 Å². The van der Waals surface area contributed by atoms with Crippen molar-refractivity contribution in [1.82, 2.24) is 15.2 Å². The lowest BCUT2D eigenvalue weighted by Gasteiger charge is -2.38. The number of rotatable bonds is 2. The zero-order valence-corrected chi connectivity index (χ0v) is 22.4. The van der Waals surface area contributed by atoms with Crippen LogP contribution in [-0.4, -0.2) is 48.5 Å². The molecular formula is C32H28FN3O5. The number of methoxy groups -OCH3 is 1. The maximum Gasteiger partial charge on any atom is 0.254 e. The van der Waals surface area contributed by atoms with Crippen LogP contribution in [0.25, 0.3) is 0 Å². The fraction of sp³-hybridized carbons (Fsp3) is 0.219. The molecule has 1 aromatic heterocycles. The Bertz CT molecular complexity index is 1610. The minimum Gasteiger partial charge on any atom is -0.493 e. The number of hydrogen-bond acceptors (Lipinski definition) is 6. The molecule has 4 aromatic rings. The molecule has 0 fully saturated rings. The predicted octanol–water partition coefficient (Wildman–Crippen LogP) is 5.32. The van der Waals surface area contributed by atoms with E-state index in [0.29, 0.717) is 47.9 Å². The maximum absolute atomic E-state index is 14.5. The maximum atomic E-state index is 14.5. The molecule has 0 saturated heterocycles. The molecule has 0 radical (unpaired) electrons. The van der Waals surface area contributed by atoms with Crippen LogP contribution in [0.3, 0.4) is 0 Å². The molecule has 3 aliphatic rings. The number of ether oxygens (including phenoxy) is 3. The second-order valence-corrected chi connectivity index (χ2v) is 9.86. The Morgan fingerprint density at radius 2 is 1.85 bits per heavy atom. The van der Waals surface area contributed by atoms with Crippen LogP contribution in [0, 0.1) is 5.82 Å². The van der Waals surface area contributed by atoms with Crippen molar-refractivity contribution in [3.05, 3.63) is 113 Å². The molecule has 1 unspecified atom stereocenters. The third kappa shape index (κ3) is 5.30. The van der Waals surface area contributed by atoms with E-state index in [9.17, 15) is 14.0 Å². The van der Waals surface area contributed by atoms with E-state index in [-0.39, 0.29) is 24.6 Å². The van der Waals surface area contributed by atoms with Crippen LogP contribution < -0.4 is 19.5 Å². The second-order valence-electron chi connectivity index (χ2n) is 9.86. The van der Waals surface area contributed by atoms with Crippen LogP contribution in [0.15, 0.2) is 79.1 Å². The van der Waals surface area contributed by atoms with Crippen LogP contribution in [-0.2, 0) is 6.42 Å². The zero-order chi connectivity index (χ0) is 28.3. The van der Waals surface area contributed by atoms with Crippen LogP contribution >= 0.6 is 0 Å². The summed E-state index contributed by atoms with van der Waals surface area (Å²) in [6.45, 7) is 1.05. The van der Waals surface area contributed by atoms with Gasteiger partial charge < -0.3 is 24.4 Å². The summed E-state index contributed by atoms with van der Waals surface area (Å²) >= 11 is 0. The number of benzene rings is 3. The molecule has 208 valence electrons. The molecule has 41 heavy (non-hydrogen) atoms. The van der Waals surface area contributed by atoms with Crippen molar-refractivity contribution in [3.63, 3.8) is 0 Å². The molecule has 9 heteroatoms. The van der Waals surface area contributed by atoms with E-state index in [2.05, 4.69) is 10.3 Å².